The molecule has 1 unspecified atom stereocenters. The number of carbonyl (C=O) groups excluding carboxylic acids is 3. The second-order valence-corrected chi connectivity index (χ2v) is 9.13. The first-order valence-electron chi connectivity index (χ1n) is 11.4. The number of esters is 1. The van der Waals surface area contributed by atoms with Crippen molar-refractivity contribution >= 4 is 34.8 Å². The van der Waals surface area contributed by atoms with Gasteiger partial charge in [-0.05, 0) is 36.8 Å². The highest BCUT2D eigenvalue weighted by Crippen LogP contribution is 2.24. The molecule has 7 nitrogen and oxygen atoms in total. The van der Waals surface area contributed by atoms with Crippen LogP contribution < -0.4 is 10.6 Å². The minimum absolute atomic E-state index is 0.231. The fraction of sp³-hybridized carbons (Fsp3) is 0.143. The Hall–Kier alpha value is -4.30. The number of carbonyl (C=O) groups is 3. The van der Waals surface area contributed by atoms with Crippen LogP contribution in [0.1, 0.15) is 20.9 Å². The van der Waals surface area contributed by atoms with Gasteiger partial charge in [-0.25, -0.2) is 9.78 Å². The number of hydrogen-bond donors (Lipinski definition) is 2. The fourth-order valence-corrected chi connectivity index (χ4v) is 4.18. The summed E-state index contributed by atoms with van der Waals surface area (Å²) in [5.74, 6) is -1.57. The molecule has 4 aromatic rings. The molecule has 4 rings (SSSR count). The van der Waals surface area contributed by atoms with Gasteiger partial charge in [0, 0.05) is 28.6 Å². The van der Waals surface area contributed by atoms with E-state index in [9.17, 15) is 14.4 Å². The lowest BCUT2D eigenvalue weighted by Crippen LogP contribution is -2.44. The van der Waals surface area contributed by atoms with Gasteiger partial charge in [0.05, 0.1) is 10.7 Å². The number of hydrogen-bond acceptors (Lipinski definition) is 6. The molecule has 3 aromatic carbocycles. The molecule has 0 bridgehead atoms. The van der Waals surface area contributed by atoms with Crippen LogP contribution in [0.5, 0.6) is 0 Å². The van der Waals surface area contributed by atoms with Gasteiger partial charge in [0.15, 0.2) is 6.61 Å². The predicted octanol–water partition coefficient (Wildman–Crippen LogP) is 4.64. The molecule has 0 aliphatic heterocycles. The van der Waals surface area contributed by atoms with E-state index in [4.69, 9.17) is 4.74 Å². The molecule has 1 heterocycles. The lowest BCUT2D eigenvalue weighted by molar-refractivity contribution is -0.149. The number of rotatable bonds is 9. The highest BCUT2D eigenvalue weighted by molar-refractivity contribution is 7.09. The number of nitrogens with one attached hydrogen (secondary N) is 2. The first kappa shape index (κ1) is 24.8. The van der Waals surface area contributed by atoms with Gasteiger partial charge in [0.1, 0.15) is 6.04 Å². The number of ether oxygens (including phenoxy) is 1. The molecule has 0 saturated carbocycles. The summed E-state index contributed by atoms with van der Waals surface area (Å²) < 4.78 is 5.29. The lowest BCUT2D eigenvalue weighted by Gasteiger charge is -2.18. The Morgan fingerprint density at radius 3 is 2.36 bits per heavy atom. The molecule has 182 valence electrons. The summed E-state index contributed by atoms with van der Waals surface area (Å²) in [6.45, 7) is 1.45. The summed E-state index contributed by atoms with van der Waals surface area (Å²) in [6, 6.07) is 24.2. The monoisotopic (exact) mass is 499 g/mol. The highest BCUT2D eigenvalue weighted by atomic mass is 32.1. The van der Waals surface area contributed by atoms with Crippen LogP contribution >= 0.6 is 11.3 Å². The average molecular weight is 500 g/mol. The molecule has 8 heteroatoms. The molecule has 2 N–H and O–H groups in total. The SMILES string of the molecule is Cc1nc(-c2cccc(NC(=O)COC(=O)C(Cc3ccccc3)NC(=O)c3ccccc3)c2)cs1. The van der Waals surface area contributed by atoms with E-state index in [1.165, 1.54) is 0 Å². The molecule has 0 spiro atoms. The number of nitrogens with zero attached hydrogens (tertiary/aromatic N) is 1. The zero-order valence-corrected chi connectivity index (χ0v) is 20.5. The molecule has 0 radical (unpaired) electrons. The molecule has 2 amide bonds. The minimum Gasteiger partial charge on any atom is -0.454 e. The van der Waals surface area contributed by atoms with Crippen LogP contribution in [0.15, 0.2) is 90.3 Å². The average Bonchev–Trinajstić information content (AvgIpc) is 3.34. The number of aromatic nitrogens is 1. The van der Waals surface area contributed by atoms with Gasteiger partial charge in [-0.2, -0.15) is 0 Å². The summed E-state index contributed by atoms with van der Waals surface area (Å²) in [7, 11) is 0. The maximum absolute atomic E-state index is 12.9. The van der Waals surface area contributed by atoms with Gasteiger partial charge in [-0.3, -0.25) is 9.59 Å². The van der Waals surface area contributed by atoms with E-state index in [0.29, 0.717) is 11.3 Å². The number of anilines is 1. The van der Waals surface area contributed by atoms with Crippen molar-refractivity contribution in [3.8, 4) is 11.3 Å². The molecular weight excluding hydrogens is 474 g/mol. The van der Waals surface area contributed by atoms with Crippen molar-refractivity contribution in [1.82, 2.24) is 10.3 Å². The van der Waals surface area contributed by atoms with E-state index in [2.05, 4.69) is 15.6 Å². The minimum atomic E-state index is -0.955. The fourth-order valence-electron chi connectivity index (χ4n) is 3.56. The van der Waals surface area contributed by atoms with Gasteiger partial charge >= 0.3 is 5.97 Å². The predicted molar refractivity (Wildman–Crippen MR) is 140 cm³/mol. The third-order valence-corrected chi connectivity index (χ3v) is 6.09. The summed E-state index contributed by atoms with van der Waals surface area (Å²) >= 11 is 1.55. The normalized spacial score (nSPS) is 11.4. The lowest BCUT2D eigenvalue weighted by atomic mass is 10.1. The quantitative estimate of drug-likeness (QED) is 0.327. The summed E-state index contributed by atoms with van der Waals surface area (Å²) in [6.07, 6.45) is 0.231. The van der Waals surface area contributed by atoms with Crippen LogP contribution in [0.3, 0.4) is 0 Å². The van der Waals surface area contributed by atoms with Crippen molar-refractivity contribution in [2.75, 3.05) is 11.9 Å². The van der Waals surface area contributed by atoms with Crippen LogP contribution in [0.2, 0.25) is 0 Å². The maximum atomic E-state index is 12.9. The number of aryl methyl sites for hydroxylation is 1. The van der Waals surface area contributed by atoms with Crippen LogP contribution in [-0.2, 0) is 20.7 Å². The first-order chi connectivity index (χ1) is 17.5. The molecule has 0 aliphatic rings. The summed E-state index contributed by atoms with van der Waals surface area (Å²) in [5, 5.41) is 8.38. The van der Waals surface area contributed by atoms with Crippen LogP contribution in [0.25, 0.3) is 11.3 Å². The van der Waals surface area contributed by atoms with E-state index in [-0.39, 0.29) is 6.42 Å². The number of thiazole rings is 1. The van der Waals surface area contributed by atoms with E-state index < -0.39 is 30.4 Å². The van der Waals surface area contributed by atoms with Crippen molar-refractivity contribution in [1.29, 1.82) is 0 Å². The Bertz CT molecular complexity index is 1340. The zero-order chi connectivity index (χ0) is 25.3. The summed E-state index contributed by atoms with van der Waals surface area (Å²) in [4.78, 5) is 42.5. The van der Waals surface area contributed by atoms with Gasteiger partial charge in [-0.1, -0.05) is 60.7 Å². The standard InChI is InChI=1S/C28H25N3O4S/c1-19-29-25(18-36-19)22-13-8-14-23(16-22)30-26(32)17-35-28(34)24(15-20-9-4-2-5-10-20)31-27(33)21-11-6-3-7-12-21/h2-14,16,18,24H,15,17H2,1H3,(H,30,32)(H,31,33). The Balaban J connectivity index is 1.38. The molecule has 36 heavy (non-hydrogen) atoms. The third kappa shape index (κ3) is 6.86. The van der Waals surface area contributed by atoms with E-state index in [1.807, 2.05) is 60.8 Å². The van der Waals surface area contributed by atoms with Gasteiger partial charge < -0.3 is 15.4 Å². The van der Waals surface area contributed by atoms with E-state index >= 15 is 0 Å². The van der Waals surface area contributed by atoms with Crippen molar-refractivity contribution in [3.05, 3.63) is 106 Å². The maximum Gasteiger partial charge on any atom is 0.329 e. The zero-order valence-electron chi connectivity index (χ0n) is 19.6. The second kappa shape index (κ2) is 11.9. The number of amides is 2. The van der Waals surface area contributed by atoms with Crippen molar-refractivity contribution in [2.45, 2.75) is 19.4 Å². The Morgan fingerprint density at radius 2 is 1.67 bits per heavy atom. The molecule has 0 aliphatic carbocycles. The molecular formula is C28H25N3O4S. The molecule has 0 fully saturated rings. The van der Waals surface area contributed by atoms with E-state index in [1.54, 1.807) is 47.7 Å². The topological polar surface area (TPSA) is 97.4 Å². The van der Waals surface area contributed by atoms with E-state index in [0.717, 1.165) is 21.8 Å². The van der Waals surface area contributed by atoms with Gasteiger partial charge in [0.2, 0.25) is 0 Å². The van der Waals surface area contributed by atoms with Crippen LogP contribution in [-0.4, -0.2) is 35.4 Å². The Morgan fingerprint density at radius 1 is 0.944 bits per heavy atom. The molecule has 1 aromatic heterocycles. The number of benzene rings is 3. The smallest absolute Gasteiger partial charge is 0.329 e. The highest BCUT2D eigenvalue weighted by Gasteiger charge is 2.24. The van der Waals surface area contributed by atoms with Crippen molar-refractivity contribution < 1.29 is 19.1 Å². The largest absolute Gasteiger partial charge is 0.454 e. The summed E-state index contributed by atoms with van der Waals surface area (Å²) in [5.41, 5.74) is 3.55. The Kier molecular flexibility index (Phi) is 8.20. The van der Waals surface area contributed by atoms with Crippen molar-refractivity contribution in [3.63, 3.8) is 0 Å². The van der Waals surface area contributed by atoms with Gasteiger partial charge in [0.25, 0.3) is 11.8 Å². The van der Waals surface area contributed by atoms with Crippen LogP contribution in [0, 0.1) is 6.92 Å². The first-order valence-corrected chi connectivity index (χ1v) is 12.2. The third-order valence-electron chi connectivity index (χ3n) is 5.32. The Labute approximate surface area is 213 Å². The van der Waals surface area contributed by atoms with Crippen LogP contribution in [0.4, 0.5) is 5.69 Å². The molecule has 1 atom stereocenters. The molecule has 0 saturated heterocycles. The van der Waals surface area contributed by atoms with Gasteiger partial charge in [-0.15, -0.1) is 11.3 Å². The van der Waals surface area contributed by atoms with Crippen molar-refractivity contribution in [2.24, 2.45) is 0 Å². The second-order valence-electron chi connectivity index (χ2n) is 8.07.